The molecular weight excluding hydrogens is 334 g/mol. The second-order valence-electron chi connectivity index (χ2n) is 6.23. The first-order valence-corrected chi connectivity index (χ1v) is 9.68. The predicted octanol–water partition coefficient (Wildman–Crippen LogP) is 4.86. The number of rotatable bonds is 9. The molecule has 0 unspecified atom stereocenters. The second kappa shape index (κ2) is 9.51. The predicted molar refractivity (Wildman–Crippen MR) is 103 cm³/mol. The van der Waals surface area contributed by atoms with E-state index in [-0.39, 0.29) is 5.91 Å². The molecule has 6 heteroatoms. The van der Waals surface area contributed by atoms with Gasteiger partial charge in [-0.25, -0.2) is 0 Å². The Balaban J connectivity index is 1.75. The van der Waals surface area contributed by atoms with Gasteiger partial charge in [0.2, 0.25) is 11.0 Å². The molecule has 1 aromatic carbocycles. The molecule has 0 bridgehead atoms. The van der Waals surface area contributed by atoms with Crippen molar-refractivity contribution in [2.24, 2.45) is 0 Å². The molecule has 25 heavy (non-hydrogen) atoms. The largest absolute Gasteiger partial charge is 0.493 e. The Bertz CT molecular complexity index is 696. The van der Waals surface area contributed by atoms with Gasteiger partial charge in [0.15, 0.2) is 0 Å². The van der Waals surface area contributed by atoms with Gasteiger partial charge in [-0.1, -0.05) is 37.3 Å². The van der Waals surface area contributed by atoms with Crippen molar-refractivity contribution >= 4 is 22.4 Å². The maximum absolute atomic E-state index is 12.0. The fourth-order valence-electron chi connectivity index (χ4n) is 2.55. The van der Waals surface area contributed by atoms with E-state index in [1.807, 2.05) is 26.0 Å². The Labute approximate surface area is 153 Å². The molecule has 0 aliphatic rings. The van der Waals surface area contributed by atoms with Crippen LogP contribution in [0.3, 0.4) is 0 Å². The minimum absolute atomic E-state index is 0.0446. The fourth-order valence-corrected chi connectivity index (χ4v) is 3.57. The Hall–Kier alpha value is -1.95. The zero-order valence-electron chi connectivity index (χ0n) is 15.5. The van der Waals surface area contributed by atoms with Gasteiger partial charge in [0.1, 0.15) is 10.8 Å². The van der Waals surface area contributed by atoms with Crippen LogP contribution in [0.5, 0.6) is 5.75 Å². The number of ether oxygens (including phenoxy) is 1. The molecule has 0 spiro atoms. The van der Waals surface area contributed by atoms with E-state index in [1.165, 1.54) is 16.9 Å². The summed E-state index contributed by atoms with van der Waals surface area (Å²) in [5, 5.41) is 12.7. The lowest BCUT2D eigenvalue weighted by Crippen LogP contribution is -2.12. The van der Waals surface area contributed by atoms with Crippen molar-refractivity contribution in [1.29, 1.82) is 0 Å². The maximum atomic E-state index is 12.0. The number of anilines is 1. The summed E-state index contributed by atoms with van der Waals surface area (Å²) in [6.07, 6.45) is 3.14. The van der Waals surface area contributed by atoms with Crippen LogP contribution in [0.1, 0.15) is 61.6 Å². The highest BCUT2D eigenvalue weighted by Crippen LogP contribution is 2.28. The lowest BCUT2D eigenvalue weighted by Gasteiger charge is -2.09. The van der Waals surface area contributed by atoms with Gasteiger partial charge in [0, 0.05) is 12.3 Å². The third-order valence-electron chi connectivity index (χ3n) is 4.17. The Kier molecular flexibility index (Phi) is 7.37. The summed E-state index contributed by atoms with van der Waals surface area (Å²) in [4.78, 5) is 12.0. The summed E-state index contributed by atoms with van der Waals surface area (Å²) in [7, 11) is 0. The van der Waals surface area contributed by atoms with Crippen molar-refractivity contribution in [3.05, 3.63) is 34.3 Å². The zero-order chi connectivity index (χ0) is 18.2. The van der Waals surface area contributed by atoms with Crippen molar-refractivity contribution in [2.45, 2.75) is 59.3 Å². The summed E-state index contributed by atoms with van der Waals surface area (Å²) < 4.78 is 5.78. The number of aryl methyl sites for hydroxylation is 2. The second-order valence-corrected chi connectivity index (χ2v) is 7.24. The number of hydrogen-bond acceptors (Lipinski definition) is 5. The summed E-state index contributed by atoms with van der Waals surface area (Å²) in [6, 6.07) is 6.13. The number of carbonyl (C=O) groups excluding carboxylic acids is 1. The number of hydrogen-bond donors (Lipinski definition) is 1. The zero-order valence-corrected chi connectivity index (χ0v) is 16.3. The fraction of sp³-hybridized carbons (Fsp3) is 0.526. The van der Waals surface area contributed by atoms with E-state index in [0.29, 0.717) is 30.5 Å². The lowest BCUT2D eigenvalue weighted by molar-refractivity contribution is -0.116. The van der Waals surface area contributed by atoms with Crippen molar-refractivity contribution in [2.75, 3.05) is 11.9 Å². The molecule has 0 saturated carbocycles. The first kappa shape index (κ1) is 19.4. The van der Waals surface area contributed by atoms with Crippen molar-refractivity contribution in [3.8, 4) is 5.75 Å². The molecule has 2 aromatic rings. The Morgan fingerprint density at radius 2 is 2.00 bits per heavy atom. The van der Waals surface area contributed by atoms with Crippen molar-refractivity contribution in [1.82, 2.24) is 10.2 Å². The molecule has 1 aromatic heterocycles. The highest BCUT2D eigenvalue weighted by atomic mass is 32.1. The van der Waals surface area contributed by atoms with E-state index >= 15 is 0 Å². The van der Waals surface area contributed by atoms with E-state index in [1.54, 1.807) is 0 Å². The van der Waals surface area contributed by atoms with Crippen LogP contribution < -0.4 is 10.1 Å². The van der Waals surface area contributed by atoms with E-state index in [9.17, 15) is 4.79 Å². The number of aromatic nitrogens is 2. The molecule has 0 aliphatic carbocycles. The number of amides is 1. The number of benzene rings is 1. The van der Waals surface area contributed by atoms with Gasteiger partial charge >= 0.3 is 0 Å². The summed E-state index contributed by atoms with van der Waals surface area (Å²) >= 11 is 1.47. The molecule has 1 amide bonds. The van der Waals surface area contributed by atoms with Crippen LogP contribution in [-0.4, -0.2) is 22.7 Å². The summed E-state index contributed by atoms with van der Waals surface area (Å²) in [5.41, 5.74) is 2.28. The maximum Gasteiger partial charge on any atom is 0.226 e. The Morgan fingerprint density at radius 3 is 2.72 bits per heavy atom. The van der Waals surface area contributed by atoms with Gasteiger partial charge in [-0.05, 0) is 50.3 Å². The van der Waals surface area contributed by atoms with Gasteiger partial charge in [-0.2, -0.15) is 0 Å². The van der Waals surface area contributed by atoms with Crippen LogP contribution in [0.25, 0.3) is 0 Å². The standard InChI is InChI=1S/C19H27N3O2S/c1-5-15(6-2)18-21-22-19(25-18)20-17(23)8-7-11-24-16-12-13(3)9-10-14(16)4/h9-10,12,15H,5-8,11H2,1-4H3,(H,20,22,23). The number of nitrogens with one attached hydrogen (secondary N) is 1. The minimum atomic E-state index is -0.0446. The lowest BCUT2D eigenvalue weighted by atomic mass is 10.1. The molecule has 1 N–H and O–H groups in total. The molecule has 0 saturated heterocycles. The topological polar surface area (TPSA) is 64.1 Å². The van der Waals surface area contributed by atoms with E-state index < -0.39 is 0 Å². The molecular formula is C19H27N3O2S. The molecule has 0 fully saturated rings. The highest BCUT2D eigenvalue weighted by Gasteiger charge is 2.14. The van der Waals surface area contributed by atoms with Gasteiger partial charge in [0.25, 0.3) is 0 Å². The number of nitrogens with zero attached hydrogens (tertiary/aromatic N) is 2. The van der Waals surface area contributed by atoms with Gasteiger partial charge in [0.05, 0.1) is 6.61 Å². The minimum Gasteiger partial charge on any atom is -0.493 e. The average molecular weight is 362 g/mol. The molecule has 0 atom stereocenters. The molecule has 136 valence electrons. The van der Waals surface area contributed by atoms with Crippen molar-refractivity contribution in [3.63, 3.8) is 0 Å². The Morgan fingerprint density at radius 1 is 1.24 bits per heavy atom. The first-order valence-electron chi connectivity index (χ1n) is 8.86. The summed E-state index contributed by atoms with van der Waals surface area (Å²) in [5.74, 6) is 1.27. The van der Waals surface area contributed by atoms with Gasteiger partial charge in [-0.15, -0.1) is 10.2 Å². The highest BCUT2D eigenvalue weighted by molar-refractivity contribution is 7.15. The first-order chi connectivity index (χ1) is 12.0. The van der Waals surface area contributed by atoms with E-state index in [0.717, 1.165) is 29.2 Å². The van der Waals surface area contributed by atoms with E-state index in [2.05, 4.69) is 35.4 Å². The molecule has 1 heterocycles. The average Bonchev–Trinajstić information content (AvgIpc) is 3.04. The molecule has 5 nitrogen and oxygen atoms in total. The van der Waals surface area contributed by atoms with Gasteiger partial charge in [-0.3, -0.25) is 4.79 Å². The molecule has 2 rings (SSSR count). The molecule has 0 aliphatic heterocycles. The van der Waals surface area contributed by atoms with Crippen LogP contribution in [0.15, 0.2) is 18.2 Å². The van der Waals surface area contributed by atoms with Crippen LogP contribution in [0.4, 0.5) is 5.13 Å². The van der Waals surface area contributed by atoms with Crippen LogP contribution >= 0.6 is 11.3 Å². The summed E-state index contributed by atoms with van der Waals surface area (Å²) in [6.45, 7) is 8.87. The SMILES string of the molecule is CCC(CC)c1nnc(NC(=O)CCCOc2cc(C)ccc2C)s1. The van der Waals surface area contributed by atoms with Crippen molar-refractivity contribution < 1.29 is 9.53 Å². The third kappa shape index (κ3) is 5.81. The van der Waals surface area contributed by atoms with Crippen LogP contribution in [0.2, 0.25) is 0 Å². The van der Waals surface area contributed by atoms with E-state index in [4.69, 9.17) is 4.74 Å². The molecule has 0 radical (unpaired) electrons. The van der Waals surface area contributed by atoms with Crippen LogP contribution in [0, 0.1) is 13.8 Å². The number of carbonyl (C=O) groups is 1. The normalized spacial score (nSPS) is 10.9. The van der Waals surface area contributed by atoms with Gasteiger partial charge < -0.3 is 10.1 Å². The monoisotopic (exact) mass is 361 g/mol. The van der Waals surface area contributed by atoms with Crippen LogP contribution in [-0.2, 0) is 4.79 Å². The third-order valence-corrected chi connectivity index (χ3v) is 5.17. The quantitative estimate of drug-likeness (QED) is 0.648. The smallest absolute Gasteiger partial charge is 0.226 e.